The molecule has 0 aromatic carbocycles. The summed E-state index contributed by atoms with van der Waals surface area (Å²) in [5.41, 5.74) is 4.26. The summed E-state index contributed by atoms with van der Waals surface area (Å²) >= 11 is 0. The van der Waals surface area contributed by atoms with Gasteiger partial charge in [-0.1, -0.05) is 0 Å². The third kappa shape index (κ3) is 4.27. The van der Waals surface area contributed by atoms with Crippen LogP contribution in [0.15, 0.2) is 23.6 Å². The lowest BCUT2D eigenvalue weighted by Crippen LogP contribution is -2.45. The molecule has 16 nitrogen and oxygen atoms in total. The van der Waals surface area contributed by atoms with Gasteiger partial charge in [-0.25, -0.2) is 23.5 Å². The van der Waals surface area contributed by atoms with Crippen molar-refractivity contribution in [1.82, 2.24) is 35.2 Å². The van der Waals surface area contributed by atoms with Crippen molar-refractivity contribution in [2.75, 3.05) is 13.6 Å². The number of nitrogens with one attached hydrogen (secondary N) is 2. The summed E-state index contributed by atoms with van der Waals surface area (Å²) in [6.45, 7) is 0.209. The van der Waals surface area contributed by atoms with E-state index in [1.807, 2.05) is 35.9 Å². The molecule has 2 aromatic rings. The number of hydroxylamine groups is 3. The van der Waals surface area contributed by atoms with Gasteiger partial charge in [0.1, 0.15) is 12.1 Å². The number of nitrogens with zero attached hydrogens (tertiary/aromatic N) is 7. The summed E-state index contributed by atoms with van der Waals surface area (Å²) < 4.78 is 43.0. The maximum Gasteiger partial charge on any atom is 0.431 e. The molecular formula is C17H23N9O7S. The standard InChI is InChI=1S/C17H23N9O7S/c1-18-15(21-32-16(27)19-5-10-7-22(2)23(3)8-10)14-13-11(6-20-24(13)4)12-9-25(14)17(28)26(12)33-34(29,30)31/h6-8,12,14H,5,9H2,1-4H3,(H2-,18,19,21,27,29,30,31)/t12-,14-/m0/s1. The normalized spacial score (nSPS) is 19.9. The van der Waals surface area contributed by atoms with E-state index in [2.05, 4.69) is 25.2 Å². The Labute approximate surface area is 194 Å². The Bertz CT molecular complexity index is 1250. The zero-order chi connectivity index (χ0) is 24.8. The summed E-state index contributed by atoms with van der Waals surface area (Å²) in [5, 5.41) is 7.26. The fourth-order valence-electron chi connectivity index (χ4n) is 4.02. The minimum atomic E-state index is -5.20. The predicted molar refractivity (Wildman–Crippen MR) is 110 cm³/mol. The number of aliphatic imine (C=N–C) groups is 1. The minimum absolute atomic E-state index is 0.00433. The second-order valence-corrected chi connectivity index (χ2v) is 8.67. The van der Waals surface area contributed by atoms with Gasteiger partial charge in [0.2, 0.25) is 10.4 Å². The van der Waals surface area contributed by atoms with E-state index in [9.17, 15) is 22.6 Å². The Hall–Kier alpha value is -3.70. The third-order valence-corrected chi connectivity index (χ3v) is 5.93. The number of carbonyl (C=O) groups excluding carboxylic acids is 2. The maximum atomic E-state index is 12.9. The van der Waals surface area contributed by atoms with Gasteiger partial charge >= 0.3 is 12.1 Å². The molecule has 2 atom stereocenters. The number of amidine groups is 1. The molecule has 184 valence electrons. The average molecular weight is 497 g/mol. The van der Waals surface area contributed by atoms with Crippen LogP contribution < -0.4 is 15.5 Å². The molecule has 4 heterocycles. The van der Waals surface area contributed by atoms with E-state index in [0.717, 1.165) is 5.56 Å². The van der Waals surface area contributed by atoms with Crippen molar-refractivity contribution >= 4 is 28.4 Å². The monoisotopic (exact) mass is 497 g/mol. The van der Waals surface area contributed by atoms with E-state index in [1.165, 1.54) is 22.8 Å². The summed E-state index contributed by atoms with van der Waals surface area (Å²) in [5.74, 6) is 0.0738. The minimum Gasteiger partial charge on any atom is -0.724 e. The highest BCUT2D eigenvalue weighted by Gasteiger charge is 2.52. The van der Waals surface area contributed by atoms with E-state index in [4.69, 9.17) is 4.84 Å². The van der Waals surface area contributed by atoms with Gasteiger partial charge in [0.15, 0.2) is 19.1 Å². The van der Waals surface area contributed by atoms with Crippen LogP contribution in [0.5, 0.6) is 0 Å². The van der Waals surface area contributed by atoms with Gasteiger partial charge in [0.25, 0.3) is 0 Å². The first-order chi connectivity index (χ1) is 16.0. The van der Waals surface area contributed by atoms with Crippen LogP contribution in [0, 0.1) is 0 Å². The highest BCUT2D eigenvalue weighted by Crippen LogP contribution is 2.44. The second-order valence-electron chi connectivity index (χ2n) is 7.71. The van der Waals surface area contributed by atoms with Gasteiger partial charge in [-0.15, -0.1) is 4.68 Å². The van der Waals surface area contributed by atoms with Gasteiger partial charge < -0.3 is 19.6 Å². The first kappa shape index (κ1) is 23.5. The summed E-state index contributed by atoms with van der Waals surface area (Å²) in [6, 6.07) is -2.65. The highest BCUT2D eigenvalue weighted by atomic mass is 32.3. The number of fused-ring (bicyclic) bond motifs is 4. The maximum absolute atomic E-state index is 12.9. The molecule has 17 heteroatoms. The molecule has 4 rings (SSSR count). The molecule has 3 amide bonds. The number of amides is 3. The molecule has 2 aromatic heterocycles. The lowest BCUT2D eigenvalue weighted by Gasteiger charge is -2.31. The molecule has 2 aliphatic heterocycles. The van der Waals surface area contributed by atoms with Gasteiger partial charge in [-0.2, -0.15) is 19.1 Å². The molecule has 1 fully saturated rings. The van der Waals surface area contributed by atoms with Crippen LogP contribution in [0.1, 0.15) is 28.9 Å². The summed E-state index contributed by atoms with van der Waals surface area (Å²) in [4.78, 5) is 35.5. The number of carbonyl (C=O) groups is 2. The van der Waals surface area contributed by atoms with E-state index in [-0.39, 0.29) is 18.9 Å². The van der Waals surface area contributed by atoms with Crippen LogP contribution in [-0.2, 0) is 47.2 Å². The Morgan fingerprint density at radius 3 is 2.76 bits per heavy atom. The Kier molecular flexibility index (Phi) is 5.92. The largest absolute Gasteiger partial charge is 0.724 e. The number of aryl methyl sites for hydroxylation is 3. The molecule has 0 aliphatic carbocycles. The predicted octanol–water partition coefficient (Wildman–Crippen LogP) is -1.73. The molecule has 0 radical (unpaired) electrons. The van der Waals surface area contributed by atoms with Crippen LogP contribution in [0.4, 0.5) is 9.59 Å². The fourth-order valence-corrected chi connectivity index (χ4v) is 4.39. The van der Waals surface area contributed by atoms with E-state index >= 15 is 0 Å². The molecule has 1 saturated heterocycles. The smallest absolute Gasteiger partial charge is 0.431 e. The van der Waals surface area contributed by atoms with Crippen molar-refractivity contribution in [3.05, 3.63) is 35.4 Å². The van der Waals surface area contributed by atoms with Crippen molar-refractivity contribution in [2.45, 2.75) is 18.6 Å². The van der Waals surface area contributed by atoms with Crippen LogP contribution in [0.25, 0.3) is 0 Å². The molecule has 2 N–H and O–H groups in total. The van der Waals surface area contributed by atoms with Crippen LogP contribution >= 0.6 is 0 Å². The summed E-state index contributed by atoms with van der Waals surface area (Å²) in [6.07, 6.45) is 4.33. The number of urea groups is 1. The van der Waals surface area contributed by atoms with Crippen molar-refractivity contribution in [1.29, 1.82) is 0 Å². The summed E-state index contributed by atoms with van der Waals surface area (Å²) in [7, 11) is 1.56. The van der Waals surface area contributed by atoms with Crippen LogP contribution in [-0.4, -0.2) is 68.9 Å². The SMILES string of the molecule is CN=C(NOC(=O)NCc1cn(C)[n+](C)c1)[C@@H]1c2c(cnn2C)[C@@H]2CN1C(=O)N2OS(=O)(=O)[O-]. The Balaban J connectivity index is 1.50. The average Bonchev–Trinajstić information content (AvgIpc) is 3.39. The molecule has 34 heavy (non-hydrogen) atoms. The molecule has 2 bridgehead atoms. The first-order valence-corrected chi connectivity index (χ1v) is 11.3. The number of rotatable bonds is 5. The van der Waals surface area contributed by atoms with Crippen molar-refractivity contribution in [3.63, 3.8) is 0 Å². The van der Waals surface area contributed by atoms with Gasteiger partial charge in [-0.3, -0.25) is 9.67 Å². The van der Waals surface area contributed by atoms with Crippen molar-refractivity contribution < 1.29 is 36.4 Å². The Morgan fingerprint density at radius 1 is 1.41 bits per heavy atom. The van der Waals surface area contributed by atoms with Gasteiger partial charge in [-0.05, 0) is 0 Å². The lowest BCUT2D eigenvalue weighted by molar-refractivity contribution is -0.751. The quantitative estimate of drug-likeness (QED) is 0.121. The van der Waals surface area contributed by atoms with E-state index in [1.54, 1.807) is 7.05 Å². The van der Waals surface area contributed by atoms with Crippen molar-refractivity contribution in [3.8, 4) is 0 Å². The van der Waals surface area contributed by atoms with E-state index in [0.29, 0.717) is 16.3 Å². The van der Waals surface area contributed by atoms with E-state index < -0.39 is 34.6 Å². The van der Waals surface area contributed by atoms with Gasteiger partial charge in [0.05, 0.1) is 43.8 Å². The first-order valence-electron chi connectivity index (χ1n) is 9.95. The zero-order valence-corrected chi connectivity index (χ0v) is 19.5. The van der Waals surface area contributed by atoms with Crippen LogP contribution in [0.2, 0.25) is 0 Å². The fraction of sp³-hybridized carbons (Fsp3) is 0.471. The molecule has 0 spiro atoms. The van der Waals surface area contributed by atoms with Crippen molar-refractivity contribution in [2.24, 2.45) is 26.1 Å². The topological polar surface area (TPSA) is 179 Å². The van der Waals surface area contributed by atoms with Gasteiger partial charge in [0, 0.05) is 19.7 Å². The van der Waals surface area contributed by atoms with Crippen LogP contribution in [0.3, 0.4) is 0 Å². The molecular weight excluding hydrogens is 474 g/mol. The Morgan fingerprint density at radius 2 is 2.15 bits per heavy atom. The second kappa shape index (κ2) is 8.58. The zero-order valence-electron chi connectivity index (χ0n) is 18.7. The number of hydrogen-bond donors (Lipinski definition) is 2. The molecule has 0 saturated carbocycles. The third-order valence-electron chi connectivity index (χ3n) is 5.59. The number of aromatic nitrogens is 4. The number of hydrogen-bond acceptors (Lipinski definition) is 9. The molecule has 2 aliphatic rings. The lowest BCUT2D eigenvalue weighted by atomic mass is 9.97. The highest BCUT2D eigenvalue weighted by molar-refractivity contribution is 7.80. The molecule has 0 unspecified atom stereocenters.